The van der Waals surface area contributed by atoms with Gasteiger partial charge in [0.25, 0.3) is 0 Å². The Balaban J connectivity index is 0.00000182. The molecule has 2 saturated carbocycles. The van der Waals surface area contributed by atoms with Crippen LogP contribution in [0.3, 0.4) is 0 Å². The predicted molar refractivity (Wildman–Crippen MR) is 95.7 cm³/mol. The maximum absolute atomic E-state index is 12.3. The fraction of sp³-hybridized carbons (Fsp3) is 0.550. The minimum atomic E-state index is -0.387. The molecule has 2 aliphatic carbocycles. The van der Waals surface area contributed by atoms with Crippen molar-refractivity contribution < 1.29 is 63.3 Å². The number of benzene rings is 1. The fourth-order valence-corrected chi connectivity index (χ4v) is 4.38. The topological polar surface area (TPSA) is 57.1 Å². The van der Waals surface area contributed by atoms with Crippen molar-refractivity contribution >= 4 is 16.6 Å². The molecule has 4 rings (SSSR count). The Morgan fingerprint density at radius 3 is 2.40 bits per heavy atom. The van der Waals surface area contributed by atoms with E-state index in [1.54, 1.807) is 0 Å². The van der Waals surface area contributed by atoms with Crippen molar-refractivity contribution in [3.05, 3.63) is 34.6 Å². The smallest absolute Gasteiger partial charge is 0.869 e. The molecule has 1 N–H and O–H groups in total. The van der Waals surface area contributed by atoms with E-state index in [4.69, 9.17) is 0 Å². The summed E-state index contributed by atoms with van der Waals surface area (Å²) in [6.07, 6.45) is 12.5. The van der Waals surface area contributed by atoms with Crippen LogP contribution < -0.4 is 74.0 Å². The quantitative estimate of drug-likeness (QED) is 0.819. The summed E-state index contributed by atoms with van der Waals surface area (Å²) in [6, 6.07) is 6.74. The van der Waals surface area contributed by atoms with Gasteiger partial charge in [-0.3, -0.25) is 4.79 Å². The second kappa shape index (κ2) is 8.68. The van der Waals surface area contributed by atoms with E-state index in [-0.39, 0.29) is 69.4 Å². The summed E-state index contributed by atoms with van der Waals surface area (Å²) < 4.78 is 2.07. The Morgan fingerprint density at radius 1 is 1.00 bits per heavy atom. The number of hydrogen-bond acceptors (Lipinski definition) is 3. The molecule has 2 aliphatic rings. The Kier molecular flexibility index (Phi) is 6.80. The molecule has 0 amide bonds. The molecule has 0 saturated heterocycles. The van der Waals surface area contributed by atoms with Gasteiger partial charge in [0.2, 0.25) is 0 Å². The van der Waals surface area contributed by atoms with Gasteiger partial charge in [0.1, 0.15) is 0 Å². The monoisotopic (exact) mass is 410 g/mol. The second-order valence-electron chi connectivity index (χ2n) is 7.38. The summed E-state index contributed by atoms with van der Waals surface area (Å²) in [6.45, 7) is 0. The molecule has 128 valence electrons. The first-order chi connectivity index (χ1) is 11.7. The number of anilines is 1. The molecule has 0 spiro atoms. The van der Waals surface area contributed by atoms with Crippen LogP contribution in [-0.2, 0) is 0 Å². The van der Waals surface area contributed by atoms with Crippen LogP contribution in [0.4, 0.5) is 5.69 Å². The Morgan fingerprint density at radius 2 is 1.68 bits per heavy atom. The first kappa shape index (κ1) is 19.6. The molecule has 0 aliphatic heterocycles. The van der Waals surface area contributed by atoms with Crippen molar-refractivity contribution in [3.63, 3.8) is 0 Å². The third-order valence-corrected chi connectivity index (χ3v) is 5.69. The summed E-state index contributed by atoms with van der Waals surface area (Å²) in [5.41, 5.74) is 1.61. The third kappa shape index (κ3) is 4.23. The molecular formula is C20H25N2O2Rb. The molecule has 0 radical (unpaired) electrons. The van der Waals surface area contributed by atoms with Gasteiger partial charge in [-0.2, -0.15) is 0 Å². The van der Waals surface area contributed by atoms with Crippen LogP contribution in [-0.4, -0.2) is 10.6 Å². The number of nitrogens with zero attached hydrogens (tertiary/aromatic N) is 1. The third-order valence-electron chi connectivity index (χ3n) is 5.69. The Hall–Kier alpha value is -0.165. The van der Waals surface area contributed by atoms with Crippen LogP contribution in [0.1, 0.15) is 63.8 Å². The molecular weight excluding hydrogens is 386 g/mol. The summed E-state index contributed by atoms with van der Waals surface area (Å²) in [4.78, 5) is 12.3. The van der Waals surface area contributed by atoms with Gasteiger partial charge in [-0.1, -0.05) is 32.1 Å². The predicted octanol–water partition coefficient (Wildman–Crippen LogP) is 0.939. The normalized spacial score (nSPS) is 19.0. The standard InChI is InChI=1S/C20H26N2O2.Rb/c23-19-13-22(16-8-4-5-9-16)18-12-15(10-11-17(18)20(19)24)21-14-6-2-1-3-7-14;/h10-14,16,21,23H,1-9H2;/q;+1/p-1. The van der Waals surface area contributed by atoms with Crippen LogP contribution in [0.15, 0.2) is 29.2 Å². The zero-order valence-electron chi connectivity index (χ0n) is 15.1. The summed E-state index contributed by atoms with van der Waals surface area (Å²) >= 11 is 0. The van der Waals surface area contributed by atoms with Crippen molar-refractivity contribution in [2.24, 2.45) is 0 Å². The Bertz CT molecular complexity index is 790. The number of hydrogen-bond donors (Lipinski definition) is 1. The van der Waals surface area contributed by atoms with E-state index in [2.05, 4.69) is 16.0 Å². The van der Waals surface area contributed by atoms with Crippen LogP contribution in [0.5, 0.6) is 5.75 Å². The average Bonchev–Trinajstić information content (AvgIpc) is 3.13. The molecule has 0 atom stereocenters. The van der Waals surface area contributed by atoms with E-state index < -0.39 is 0 Å². The van der Waals surface area contributed by atoms with Gasteiger partial charge in [0.15, 0.2) is 5.43 Å². The fourth-order valence-electron chi connectivity index (χ4n) is 4.38. The zero-order chi connectivity index (χ0) is 16.5. The number of nitrogens with one attached hydrogen (secondary N) is 1. The summed E-state index contributed by atoms with van der Waals surface area (Å²) in [7, 11) is 0. The average molecular weight is 411 g/mol. The number of pyridine rings is 1. The van der Waals surface area contributed by atoms with E-state index in [1.165, 1.54) is 51.1 Å². The first-order valence-electron chi connectivity index (χ1n) is 9.35. The van der Waals surface area contributed by atoms with Gasteiger partial charge < -0.3 is 15.0 Å². The van der Waals surface area contributed by atoms with Crippen molar-refractivity contribution in [1.82, 2.24) is 4.57 Å². The molecule has 25 heavy (non-hydrogen) atoms. The maximum atomic E-state index is 12.3. The molecule has 1 heterocycles. The van der Waals surface area contributed by atoms with Crippen molar-refractivity contribution in [3.8, 4) is 5.75 Å². The Labute approximate surface area is 197 Å². The second-order valence-corrected chi connectivity index (χ2v) is 7.38. The SMILES string of the molecule is O=c1c([O-])cn(C2CCCC2)c2cc(NC3CCCCC3)ccc12.[Rb+]. The molecule has 2 fully saturated rings. The van der Waals surface area contributed by atoms with E-state index in [0.717, 1.165) is 24.0 Å². The van der Waals surface area contributed by atoms with Gasteiger partial charge >= 0.3 is 58.2 Å². The number of rotatable bonds is 3. The van der Waals surface area contributed by atoms with Crippen LogP contribution in [0, 0.1) is 0 Å². The summed E-state index contributed by atoms with van der Waals surface area (Å²) in [5, 5.41) is 16.3. The van der Waals surface area contributed by atoms with E-state index in [1.807, 2.05) is 12.1 Å². The van der Waals surface area contributed by atoms with Crippen molar-refractivity contribution in [2.45, 2.75) is 69.9 Å². The van der Waals surface area contributed by atoms with Crippen LogP contribution in [0.2, 0.25) is 0 Å². The summed E-state index contributed by atoms with van der Waals surface area (Å²) in [5.74, 6) is -0.387. The molecule has 5 heteroatoms. The number of aromatic nitrogens is 1. The van der Waals surface area contributed by atoms with Crippen molar-refractivity contribution in [1.29, 1.82) is 0 Å². The van der Waals surface area contributed by atoms with Gasteiger partial charge in [0.05, 0.1) is 5.52 Å². The molecule has 0 unspecified atom stereocenters. The van der Waals surface area contributed by atoms with Crippen LogP contribution in [0.25, 0.3) is 10.9 Å². The molecule has 4 nitrogen and oxygen atoms in total. The van der Waals surface area contributed by atoms with Gasteiger partial charge in [-0.05, 0) is 49.6 Å². The maximum Gasteiger partial charge on any atom is 1.00 e. The molecule has 0 bridgehead atoms. The van der Waals surface area contributed by atoms with Crippen molar-refractivity contribution in [2.75, 3.05) is 5.32 Å². The van der Waals surface area contributed by atoms with E-state index >= 15 is 0 Å². The molecule has 1 aromatic carbocycles. The number of fused-ring (bicyclic) bond motifs is 1. The van der Waals surface area contributed by atoms with Gasteiger partial charge in [-0.25, -0.2) is 0 Å². The minimum absolute atomic E-state index is 0. The largest absolute Gasteiger partial charge is 1.00 e. The first-order valence-corrected chi connectivity index (χ1v) is 9.35. The van der Waals surface area contributed by atoms with E-state index in [9.17, 15) is 9.90 Å². The van der Waals surface area contributed by atoms with Crippen LogP contribution >= 0.6 is 0 Å². The van der Waals surface area contributed by atoms with Gasteiger partial charge in [0, 0.05) is 29.4 Å². The molecule has 1 aromatic heterocycles. The molecule has 2 aromatic rings. The zero-order valence-corrected chi connectivity index (χ0v) is 20.0. The van der Waals surface area contributed by atoms with E-state index in [0.29, 0.717) is 17.5 Å². The van der Waals surface area contributed by atoms with Gasteiger partial charge in [-0.15, -0.1) is 0 Å². The minimum Gasteiger partial charge on any atom is -0.869 e.